The van der Waals surface area contributed by atoms with E-state index in [1.807, 2.05) is 17.0 Å². The van der Waals surface area contributed by atoms with Gasteiger partial charge in [-0.2, -0.15) is 26.3 Å². The molecule has 1 unspecified atom stereocenters. The molecule has 1 aromatic heterocycles. The van der Waals surface area contributed by atoms with E-state index < -0.39 is 23.6 Å². The molecule has 0 radical (unpaired) electrons. The number of benzene rings is 1. The predicted molar refractivity (Wildman–Crippen MR) is 146 cm³/mol. The Balaban J connectivity index is 1.22. The third-order valence-corrected chi connectivity index (χ3v) is 8.57. The monoisotopic (exact) mass is 615 g/mol. The smallest absolute Gasteiger partial charge is 0.432 e. The number of nitrogens with zero attached hydrogens (tertiary/aromatic N) is 4. The van der Waals surface area contributed by atoms with Crippen molar-refractivity contribution in [1.29, 1.82) is 0 Å². The summed E-state index contributed by atoms with van der Waals surface area (Å²) in [4.78, 5) is 22.2. The number of fused-ring (bicyclic) bond motifs is 1. The largest absolute Gasteiger partial charge is 0.493 e. The first-order chi connectivity index (χ1) is 20.2. The Labute approximate surface area is 245 Å². The van der Waals surface area contributed by atoms with Crippen LogP contribution in [0.25, 0.3) is 0 Å². The topological polar surface area (TPSA) is 81.2 Å². The lowest BCUT2D eigenvalue weighted by atomic mass is 9.91. The van der Waals surface area contributed by atoms with Crippen LogP contribution in [-0.4, -0.2) is 90.7 Å². The Bertz CT molecular complexity index is 1330. The average Bonchev–Trinajstić information content (AvgIpc) is 3.58. The first kappa shape index (κ1) is 31.3. The van der Waals surface area contributed by atoms with Crippen LogP contribution in [0.15, 0.2) is 30.5 Å². The zero-order valence-corrected chi connectivity index (χ0v) is 24.0. The molecule has 2 saturated heterocycles. The minimum atomic E-state index is -6.01. The van der Waals surface area contributed by atoms with Crippen molar-refractivity contribution >= 4 is 11.6 Å². The summed E-state index contributed by atoms with van der Waals surface area (Å²) in [5, 5.41) is 13.3. The SMILES string of the molecule is CCCc1cc(C(O)(C(F)(F)F)C(F)(F)F)ncc1N1CCN(C(=O)CN2CNC(C)(c3ccc4c(c3)CCO4)C2)CC1. The van der Waals surface area contributed by atoms with Gasteiger partial charge in [-0.25, -0.2) is 0 Å². The van der Waals surface area contributed by atoms with Gasteiger partial charge in [0.05, 0.1) is 36.3 Å². The number of ether oxygens (including phenoxy) is 1. The number of hydrogen-bond donors (Lipinski definition) is 2. The van der Waals surface area contributed by atoms with Crippen molar-refractivity contribution in [1.82, 2.24) is 20.1 Å². The molecule has 236 valence electrons. The molecular weight excluding hydrogens is 580 g/mol. The van der Waals surface area contributed by atoms with Crippen LogP contribution >= 0.6 is 0 Å². The van der Waals surface area contributed by atoms with Crippen molar-refractivity contribution in [3.8, 4) is 5.75 Å². The molecule has 2 aromatic rings. The van der Waals surface area contributed by atoms with E-state index in [1.54, 1.807) is 16.7 Å². The van der Waals surface area contributed by atoms with Crippen LogP contribution in [-0.2, 0) is 28.8 Å². The number of carbonyl (C=O) groups excluding carboxylic acids is 1. The predicted octanol–water partition coefficient (Wildman–Crippen LogP) is 3.71. The number of aliphatic hydroxyl groups is 1. The number of aryl methyl sites for hydroxylation is 1. The van der Waals surface area contributed by atoms with E-state index >= 15 is 0 Å². The maximum Gasteiger partial charge on any atom is 0.432 e. The second-order valence-electron chi connectivity index (χ2n) is 11.6. The number of carbonyl (C=O) groups is 1. The molecule has 0 aliphatic carbocycles. The minimum absolute atomic E-state index is 0.0595. The second-order valence-corrected chi connectivity index (χ2v) is 11.6. The van der Waals surface area contributed by atoms with E-state index in [0.717, 1.165) is 23.9 Å². The quantitative estimate of drug-likeness (QED) is 0.460. The molecule has 0 spiro atoms. The molecule has 3 aliphatic heterocycles. The second kappa shape index (κ2) is 11.4. The molecule has 0 saturated carbocycles. The summed E-state index contributed by atoms with van der Waals surface area (Å²) in [5.74, 6) is 0.852. The zero-order chi connectivity index (χ0) is 31.2. The Hall–Kier alpha value is -3.10. The molecule has 2 N–H and O–H groups in total. The number of hydrogen-bond acceptors (Lipinski definition) is 7. The third-order valence-electron chi connectivity index (χ3n) is 8.57. The fraction of sp³-hybridized carbons (Fsp3) is 0.586. The molecule has 3 aliphatic rings. The van der Waals surface area contributed by atoms with Crippen LogP contribution in [0.5, 0.6) is 5.75 Å². The molecule has 2 fully saturated rings. The Morgan fingerprint density at radius 3 is 2.44 bits per heavy atom. The molecule has 43 heavy (non-hydrogen) atoms. The molecule has 5 rings (SSSR count). The van der Waals surface area contributed by atoms with E-state index in [-0.39, 0.29) is 30.0 Å². The fourth-order valence-electron chi connectivity index (χ4n) is 6.06. The number of rotatable bonds is 7. The van der Waals surface area contributed by atoms with Crippen LogP contribution in [0.1, 0.15) is 42.7 Å². The summed E-state index contributed by atoms with van der Waals surface area (Å²) in [6.07, 6.45) is -9.54. The number of piperazine rings is 1. The standard InChI is InChI=1S/C29H35F6N5O3/c1-3-4-19-14-24(27(42,28(30,31)32)29(33,34)35)36-15-22(19)39-8-10-40(11-9-39)25(41)16-38-17-26(2,37-18-38)21-5-6-23-20(13-21)7-12-43-23/h5-6,13-15,37,42H,3-4,7-12,16-18H2,1-2H3. The van der Waals surface area contributed by atoms with Gasteiger partial charge in [-0.05, 0) is 42.2 Å². The number of nitrogens with one attached hydrogen (secondary N) is 1. The van der Waals surface area contributed by atoms with Crippen LogP contribution < -0.4 is 15.0 Å². The zero-order valence-electron chi connectivity index (χ0n) is 24.0. The van der Waals surface area contributed by atoms with E-state index in [1.165, 1.54) is 5.56 Å². The highest BCUT2D eigenvalue weighted by molar-refractivity contribution is 5.78. The molecule has 8 nitrogen and oxygen atoms in total. The van der Waals surface area contributed by atoms with Crippen molar-refractivity contribution in [2.75, 3.05) is 57.4 Å². The van der Waals surface area contributed by atoms with Gasteiger partial charge in [0, 0.05) is 45.8 Å². The van der Waals surface area contributed by atoms with Crippen LogP contribution in [0.4, 0.5) is 32.0 Å². The summed E-state index contributed by atoms with van der Waals surface area (Å²) >= 11 is 0. The highest BCUT2D eigenvalue weighted by atomic mass is 19.4. The Morgan fingerprint density at radius 2 is 1.79 bits per heavy atom. The fourth-order valence-corrected chi connectivity index (χ4v) is 6.06. The number of alkyl halides is 6. The van der Waals surface area contributed by atoms with Gasteiger partial charge in [0.15, 0.2) is 0 Å². The van der Waals surface area contributed by atoms with E-state index in [9.17, 15) is 36.2 Å². The maximum absolute atomic E-state index is 13.4. The van der Waals surface area contributed by atoms with Crippen LogP contribution in [0.2, 0.25) is 0 Å². The summed E-state index contributed by atoms with van der Waals surface area (Å²) in [6, 6.07) is 6.88. The molecular formula is C29H35F6N5O3. The first-order valence-corrected chi connectivity index (χ1v) is 14.3. The molecule has 1 aromatic carbocycles. The first-order valence-electron chi connectivity index (χ1n) is 14.3. The van der Waals surface area contributed by atoms with Gasteiger partial charge in [-0.3, -0.25) is 20.0 Å². The maximum atomic E-state index is 13.4. The average molecular weight is 616 g/mol. The summed E-state index contributed by atoms with van der Waals surface area (Å²) in [7, 11) is 0. The number of amides is 1. The minimum Gasteiger partial charge on any atom is -0.493 e. The van der Waals surface area contributed by atoms with Crippen LogP contribution in [0.3, 0.4) is 0 Å². The summed E-state index contributed by atoms with van der Waals surface area (Å²) in [6.45, 7) is 7.26. The molecule has 14 heteroatoms. The lowest BCUT2D eigenvalue weighted by Crippen LogP contribution is -2.54. The van der Waals surface area contributed by atoms with E-state index in [4.69, 9.17) is 4.74 Å². The van der Waals surface area contributed by atoms with Gasteiger partial charge >= 0.3 is 12.4 Å². The van der Waals surface area contributed by atoms with Gasteiger partial charge < -0.3 is 19.6 Å². The van der Waals surface area contributed by atoms with Gasteiger partial charge in [0.2, 0.25) is 5.91 Å². The van der Waals surface area contributed by atoms with Crippen molar-refractivity contribution in [3.63, 3.8) is 0 Å². The van der Waals surface area contributed by atoms with Gasteiger partial charge in [0.1, 0.15) is 5.75 Å². The number of halogens is 6. The van der Waals surface area contributed by atoms with Gasteiger partial charge in [-0.1, -0.05) is 25.5 Å². The van der Waals surface area contributed by atoms with Crippen molar-refractivity contribution in [2.24, 2.45) is 0 Å². The van der Waals surface area contributed by atoms with Gasteiger partial charge in [-0.15, -0.1) is 0 Å². The van der Waals surface area contributed by atoms with Crippen molar-refractivity contribution in [3.05, 3.63) is 52.8 Å². The molecule has 0 bridgehead atoms. The van der Waals surface area contributed by atoms with Gasteiger partial charge in [0.25, 0.3) is 5.60 Å². The van der Waals surface area contributed by atoms with Crippen molar-refractivity contribution < 1.29 is 41.0 Å². The normalized spacial score (nSPS) is 21.7. The highest BCUT2D eigenvalue weighted by Crippen LogP contribution is 2.50. The molecule has 4 heterocycles. The Morgan fingerprint density at radius 1 is 1.09 bits per heavy atom. The van der Waals surface area contributed by atoms with E-state index in [0.29, 0.717) is 64.2 Å². The van der Waals surface area contributed by atoms with Crippen LogP contribution in [0, 0.1) is 0 Å². The van der Waals surface area contributed by atoms with Crippen molar-refractivity contribution in [2.45, 2.75) is 56.6 Å². The highest BCUT2D eigenvalue weighted by Gasteiger charge is 2.72. The third kappa shape index (κ3) is 5.88. The number of anilines is 1. The molecule has 1 atom stereocenters. The Kier molecular flexibility index (Phi) is 8.33. The summed E-state index contributed by atoms with van der Waals surface area (Å²) in [5.41, 5.74) is -3.99. The lowest BCUT2D eigenvalue weighted by Gasteiger charge is -2.38. The molecule has 1 amide bonds. The number of pyridine rings is 1. The summed E-state index contributed by atoms with van der Waals surface area (Å²) < 4.78 is 86.2. The lowest BCUT2D eigenvalue weighted by molar-refractivity contribution is -0.377. The number of aromatic nitrogens is 1. The van der Waals surface area contributed by atoms with E-state index in [2.05, 4.69) is 23.3 Å².